The summed E-state index contributed by atoms with van der Waals surface area (Å²) >= 11 is 0. The van der Waals surface area contributed by atoms with Crippen LogP contribution in [0.4, 0.5) is 8.78 Å². The molecule has 0 radical (unpaired) electrons. The van der Waals surface area contributed by atoms with Gasteiger partial charge in [-0.3, -0.25) is 9.59 Å². The number of fused-ring (bicyclic) bond motifs is 2. The van der Waals surface area contributed by atoms with Crippen LogP contribution in [-0.2, 0) is 17.6 Å². The number of amides is 2. The molecule has 0 bridgehead atoms. The molecule has 2 amide bonds. The highest BCUT2D eigenvalue weighted by Gasteiger charge is 2.19. The molecule has 35 heavy (non-hydrogen) atoms. The number of hydrogen-bond acceptors (Lipinski definition) is 2. The Hall–Kier alpha value is -4.06. The topological polar surface area (TPSA) is 72.2 Å². The van der Waals surface area contributed by atoms with Crippen molar-refractivity contribution in [1.29, 1.82) is 0 Å². The molecule has 0 saturated carbocycles. The Morgan fingerprint density at radius 2 is 1.63 bits per heavy atom. The smallest absolute Gasteiger partial charge is 0.251 e. The van der Waals surface area contributed by atoms with Gasteiger partial charge in [-0.15, -0.1) is 0 Å². The fourth-order valence-electron chi connectivity index (χ4n) is 4.74. The van der Waals surface area contributed by atoms with Crippen LogP contribution in [-0.4, -0.2) is 18.4 Å². The van der Waals surface area contributed by atoms with Crippen molar-refractivity contribution < 1.29 is 18.4 Å². The zero-order chi connectivity index (χ0) is 24.5. The molecule has 0 unspecified atom stereocenters. The summed E-state index contributed by atoms with van der Waals surface area (Å²) in [4.78, 5) is 24.2. The number of primary amides is 1. The SMILES string of the molecule is NC(=O)C1=CCCC(CNC(=O)c2ccc3c(c2)Cc2cc(-c4ccc(F)cc4F)ccc2C3)=C1. The summed E-state index contributed by atoms with van der Waals surface area (Å²) in [5.74, 6) is -1.84. The number of hydrogen-bond donors (Lipinski definition) is 2. The standard InChI is InChI=1S/C29H24F2N2O2/c30-25-8-9-26(27(31)15-25)20-6-4-18-11-19-5-7-22(13-24(19)14-23(18)12-20)29(35)33-16-17-2-1-3-21(10-17)28(32)34/h3-10,12-13,15H,1-2,11,14,16H2,(H2,32,34)(H,33,35). The number of carbonyl (C=O) groups is 2. The minimum Gasteiger partial charge on any atom is -0.366 e. The molecule has 0 aromatic heterocycles. The fraction of sp³-hybridized carbons (Fsp3) is 0.172. The van der Waals surface area contributed by atoms with Crippen LogP contribution < -0.4 is 11.1 Å². The molecule has 3 aromatic rings. The Kier molecular flexibility index (Phi) is 6.03. The summed E-state index contributed by atoms with van der Waals surface area (Å²) in [5.41, 5.74) is 12.8. The van der Waals surface area contributed by atoms with E-state index in [1.807, 2.05) is 42.5 Å². The third-order valence-electron chi connectivity index (χ3n) is 6.63. The van der Waals surface area contributed by atoms with E-state index in [0.29, 0.717) is 35.2 Å². The largest absolute Gasteiger partial charge is 0.366 e. The maximum absolute atomic E-state index is 14.3. The van der Waals surface area contributed by atoms with Gasteiger partial charge >= 0.3 is 0 Å². The first-order chi connectivity index (χ1) is 16.9. The molecule has 0 aliphatic heterocycles. The first-order valence-electron chi connectivity index (χ1n) is 11.5. The molecule has 0 saturated heterocycles. The number of halogens is 2. The van der Waals surface area contributed by atoms with E-state index in [2.05, 4.69) is 5.32 Å². The summed E-state index contributed by atoms with van der Waals surface area (Å²) in [7, 11) is 0. The van der Waals surface area contributed by atoms with Crippen LogP contribution in [0.2, 0.25) is 0 Å². The van der Waals surface area contributed by atoms with Gasteiger partial charge in [0.15, 0.2) is 0 Å². The van der Waals surface area contributed by atoms with Gasteiger partial charge in [-0.1, -0.05) is 30.3 Å². The predicted molar refractivity (Wildman–Crippen MR) is 131 cm³/mol. The van der Waals surface area contributed by atoms with Gasteiger partial charge in [0.05, 0.1) is 0 Å². The van der Waals surface area contributed by atoms with Gasteiger partial charge in [-0.25, -0.2) is 8.78 Å². The number of allylic oxidation sites excluding steroid dienone is 1. The molecule has 2 aliphatic rings. The second kappa shape index (κ2) is 9.29. The lowest BCUT2D eigenvalue weighted by Gasteiger charge is -2.21. The molecule has 0 spiro atoms. The molecule has 6 heteroatoms. The molecule has 0 heterocycles. The average molecular weight is 471 g/mol. The van der Waals surface area contributed by atoms with Crippen molar-refractivity contribution in [2.75, 3.05) is 6.54 Å². The lowest BCUT2D eigenvalue weighted by Crippen LogP contribution is -2.27. The molecular weight excluding hydrogens is 446 g/mol. The van der Waals surface area contributed by atoms with Crippen molar-refractivity contribution in [2.24, 2.45) is 5.73 Å². The van der Waals surface area contributed by atoms with E-state index in [1.54, 1.807) is 6.08 Å². The zero-order valence-corrected chi connectivity index (χ0v) is 19.0. The van der Waals surface area contributed by atoms with Crippen molar-refractivity contribution in [3.8, 4) is 11.1 Å². The van der Waals surface area contributed by atoms with E-state index >= 15 is 0 Å². The van der Waals surface area contributed by atoms with Crippen molar-refractivity contribution in [1.82, 2.24) is 5.32 Å². The Morgan fingerprint density at radius 3 is 2.40 bits per heavy atom. The highest BCUT2D eigenvalue weighted by Crippen LogP contribution is 2.32. The van der Waals surface area contributed by atoms with E-state index in [4.69, 9.17) is 5.73 Å². The molecule has 0 fully saturated rings. The second-order valence-electron chi connectivity index (χ2n) is 8.99. The highest BCUT2D eigenvalue weighted by molar-refractivity contribution is 5.96. The average Bonchev–Trinajstić information content (AvgIpc) is 2.85. The molecular formula is C29H24F2N2O2. The summed E-state index contributed by atoms with van der Waals surface area (Å²) in [6.45, 7) is 0.357. The molecule has 4 nitrogen and oxygen atoms in total. The lowest BCUT2D eigenvalue weighted by molar-refractivity contribution is -0.114. The van der Waals surface area contributed by atoms with Crippen LogP contribution in [0.3, 0.4) is 0 Å². The Morgan fingerprint density at radius 1 is 0.886 bits per heavy atom. The van der Waals surface area contributed by atoms with Gasteiger partial charge < -0.3 is 11.1 Å². The fourth-order valence-corrected chi connectivity index (χ4v) is 4.74. The summed E-state index contributed by atoms with van der Waals surface area (Å²) in [5, 5.41) is 2.94. The van der Waals surface area contributed by atoms with Crippen LogP contribution >= 0.6 is 0 Å². The first kappa shape index (κ1) is 22.7. The van der Waals surface area contributed by atoms with Crippen molar-refractivity contribution >= 4 is 11.8 Å². The summed E-state index contributed by atoms with van der Waals surface area (Å²) < 4.78 is 27.6. The molecule has 3 aromatic carbocycles. The Balaban J connectivity index is 1.32. The molecule has 5 rings (SSSR count). The maximum atomic E-state index is 14.3. The maximum Gasteiger partial charge on any atom is 0.251 e. The molecule has 0 atom stereocenters. The van der Waals surface area contributed by atoms with Gasteiger partial charge in [-0.05, 0) is 89.4 Å². The van der Waals surface area contributed by atoms with Crippen molar-refractivity contribution in [3.05, 3.63) is 117 Å². The van der Waals surface area contributed by atoms with Crippen LogP contribution in [0.1, 0.15) is 45.5 Å². The van der Waals surface area contributed by atoms with E-state index in [9.17, 15) is 18.4 Å². The van der Waals surface area contributed by atoms with Crippen molar-refractivity contribution in [3.63, 3.8) is 0 Å². The van der Waals surface area contributed by atoms with Gasteiger partial charge in [-0.2, -0.15) is 0 Å². The number of rotatable bonds is 5. The number of benzene rings is 3. The van der Waals surface area contributed by atoms with E-state index in [1.165, 1.54) is 12.1 Å². The minimum atomic E-state index is -0.603. The second-order valence-corrected chi connectivity index (χ2v) is 8.99. The summed E-state index contributed by atoms with van der Waals surface area (Å²) in [6, 6.07) is 15.1. The molecule has 3 N–H and O–H groups in total. The Bertz CT molecular complexity index is 1420. The predicted octanol–water partition coefficient (Wildman–Crippen LogP) is 4.99. The lowest BCUT2D eigenvalue weighted by atomic mass is 9.83. The van der Waals surface area contributed by atoms with Crippen LogP contribution in [0.25, 0.3) is 11.1 Å². The normalized spacial score (nSPS) is 14.3. The number of nitrogens with one attached hydrogen (secondary N) is 1. The number of nitrogens with two attached hydrogens (primary N) is 1. The first-order valence-corrected chi connectivity index (χ1v) is 11.5. The molecule has 2 aliphatic carbocycles. The van der Waals surface area contributed by atoms with Crippen molar-refractivity contribution in [2.45, 2.75) is 25.7 Å². The third kappa shape index (κ3) is 4.78. The number of carbonyl (C=O) groups excluding carboxylic acids is 2. The van der Waals surface area contributed by atoms with Crippen LogP contribution in [0, 0.1) is 11.6 Å². The monoisotopic (exact) mass is 470 g/mol. The summed E-state index contributed by atoms with van der Waals surface area (Å²) in [6.07, 6.45) is 6.41. The van der Waals surface area contributed by atoms with E-state index < -0.39 is 17.5 Å². The minimum absolute atomic E-state index is 0.184. The third-order valence-corrected chi connectivity index (χ3v) is 6.63. The van der Waals surface area contributed by atoms with Gasteiger partial charge in [0.25, 0.3) is 5.91 Å². The van der Waals surface area contributed by atoms with Gasteiger partial charge in [0.1, 0.15) is 11.6 Å². The quantitative estimate of drug-likeness (QED) is 0.431. The van der Waals surface area contributed by atoms with Gasteiger partial charge in [0.2, 0.25) is 5.91 Å². The van der Waals surface area contributed by atoms with Gasteiger partial charge in [0, 0.05) is 29.3 Å². The Labute approximate surface area is 202 Å². The highest BCUT2D eigenvalue weighted by atomic mass is 19.1. The van der Waals surface area contributed by atoms with E-state index in [0.717, 1.165) is 53.2 Å². The van der Waals surface area contributed by atoms with Crippen LogP contribution in [0.15, 0.2) is 77.9 Å². The molecule has 176 valence electrons. The van der Waals surface area contributed by atoms with E-state index in [-0.39, 0.29) is 5.91 Å². The van der Waals surface area contributed by atoms with Crippen LogP contribution in [0.5, 0.6) is 0 Å². The zero-order valence-electron chi connectivity index (χ0n) is 19.0.